The Bertz CT molecular complexity index is 1230. The largest absolute Gasteiger partial charge is 0.493 e. The van der Waals surface area contributed by atoms with Crippen molar-refractivity contribution in [3.8, 4) is 17.2 Å². The number of hydrogen-bond acceptors (Lipinski definition) is 5. The van der Waals surface area contributed by atoms with Gasteiger partial charge in [-0.1, -0.05) is 42.5 Å². The van der Waals surface area contributed by atoms with Crippen LogP contribution in [0.2, 0.25) is 0 Å². The summed E-state index contributed by atoms with van der Waals surface area (Å²) in [5.74, 6) is 1.54. The average Bonchev–Trinajstić information content (AvgIpc) is 2.89. The van der Waals surface area contributed by atoms with Gasteiger partial charge in [-0.3, -0.25) is 14.5 Å². The molecule has 1 atom stereocenters. The smallest absolute Gasteiger partial charge is 0.265 e. The van der Waals surface area contributed by atoms with Gasteiger partial charge in [0.15, 0.2) is 18.1 Å². The van der Waals surface area contributed by atoms with Crippen molar-refractivity contribution in [2.45, 2.75) is 12.5 Å². The molecule has 0 spiro atoms. The summed E-state index contributed by atoms with van der Waals surface area (Å²) >= 11 is 0. The number of ether oxygens (including phenoxy) is 3. The second kappa shape index (κ2) is 9.09. The van der Waals surface area contributed by atoms with Crippen molar-refractivity contribution in [2.75, 3.05) is 38.8 Å². The van der Waals surface area contributed by atoms with Gasteiger partial charge in [-0.15, -0.1) is 0 Å². The van der Waals surface area contributed by atoms with Crippen molar-refractivity contribution >= 4 is 17.5 Å². The molecule has 0 aliphatic carbocycles. The van der Waals surface area contributed by atoms with Crippen LogP contribution in [0.25, 0.3) is 0 Å². The molecule has 2 heterocycles. The van der Waals surface area contributed by atoms with Gasteiger partial charge in [0.05, 0.1) is 25.9 Å². The lowest BCUT2D eigenvalue weighted by Crippen LogP contribution is -2.49. The molecule has 0 N–H and O–H groups in total. The Hall–Kier alpha value is -4.00. The number of fused-ring (bicyclic) bond motifs is 2. The van der Waals surface area contributed by atoms with E-state index in [1.807, 2.05) is 65.6 Å². The van der Waals surface area contributed by atoms with Crippen molar-refractivity contribution in [1.82, 2.24) is 4.90 Å². The van der Waals surface area contributed by atoms with E-state index in [2.05, 4.69) is 0 Å². The van der Waals surface area contributed by atoms with Crippen LogP contribution >= 0.6 is 0 Å². The molecule has 3 aromatic carbocycles. The summed E-state index contributed by atoms with van der Waals surface area (Å²) in [5.41, 5.74) is 3.73. The molecule has 174 valence electrons. The van der Waals surface area contributed by atoms with Crippen LogP contribution in [0.3, 0.4) is 0 Å². The topological polar surface area (TPSA) is 68.3 Å². The maximum absolute atomic E-state index is 13.7. The number of anilines is 1. The van der Waals surface area contributed by atoms with Crippen molar-refractivity contribution < 1.29 is 23.8 Å². The Morgan fingerprint density at radius 3 is 2.47 bits per heavy atom. The zero-order valence-electron chi connectivity index (χ0n) is 19.2. The predicted molar refractivity (Wildman–Crippen MR) is 128 cm³/mol. The Morgan fingerprint density at radius 2 is 1.71 bits per heavy atom. The normalized spacial score (nSPS) is 16.9. The first-order valence-electron chi connectivity index (χ1n) is 11.2. The standard InChI is InChI=1S/C27H26N2O5/c1-32-23-14-19-12-13-28(27(18-8-4-3-5-9-18)20(19)15-24(23)33-2)25(30)16-29-21-10-6-7-11-22(21)34-17-26(29)31/h3-11,14-15,27H,12-13,16-17H2,1-2H3/t27-/m1/s1. The molecular formula is C27H26N2O5. The van der Waals surface area contributed by atoms with Gasteiger partial charge >= 0.3 is 0 Å². The van der Waals surface area contributed by atoms with Crippen LogP contribution in [-0.4, -0.2) is 50.6 Å². The SMILES string of the molecule is COc1cc2c(cc1OC)[C@@H](c1ccccc1)N(C(=O)CN1C(=O)COc3ccccc31)CC2. The number of benzene rings is 3. The third-order valence-electron chi connectivity index (χ3n) is 6.41. The number of nitrogens with zero attached hydrogens (tertiary/aromatic N) is 2. The number of para-hydroxylation sites is 2. The minimum Gasteiger partial charge on any atom is -0.493 e. The van der Waals surface area contributed by atoms with E-state index in [0.29, 0.717) is 35.9 Å². The Balaban J connectivity index is 1.52. The predicted octanol–water partition coefficient (Wildman–Crippen LogP) is 3.60. The molecule has 2 amide bonds. The Morgan fingerprint density at radius 1 is 1.00 bits per heavy atom. The van der Waals surface area contributed by atoms with Crippen LogP contribution in [-0.2, 0) is 16.0 Å². The van der Waals surface area contributed by atoms with Gasteiger partial charge in [-0.05, 0) is 47.4 Å². The first-order valence-corrected chi connectivity index (χ1v) is 11.2. The highest BCUT2D eigenvalue weighted by molar-refractivity contribution is 6.02. The monoisotopic (exact) mass is 458 g/mol. The van der Waals surface area contributed by atoms with Gasteiger partial charge < -0.3 is 19.1 Å². The van der Waals surface area contributed by atoms with E-state index in [9.17, 15) is 9.59 Å². The maximum atomic E-state index is 13.7. The second-order valence-electron chi connectivity index (χ2n) is 8.29. The molecule has 0 saturated carbocycles. The zero-order valence-corrected chi connectivity index (χ0v) is 19.2. The number of carbonyl (C=O) groups is 2. The fourth-order valence-corrected chi connectivity index (χ4v) is 4.76. The fourth-order valence-electron chi connectivity index (χ4n) is 4.76. The third-order valence-corrected chi connectivity index (χ3v) is 6.41. The summed E-state index contributed by atoms with van der Waals surface area (Å²) < 4.78 is 16.6. The van der Waals surface area contributed by atoms with Crippen LogP contribution in [0.15, 0.2) is 66.7 Å². The maximum Gasteiger partial charge on any atom is 0.265 e. The number of amides is 2. The summed E-state index contributed by atoms with van der Waals surface area (Å²) in [7, 11) is 3.23. The molecule has 2 aliphatic heterocycles. The molecule has 0 unspecified atom stereocenters. The lowest BCUT2D eigenvalue weighted by atomic mass is 9.87. The molecule has 0 bridgehead atoms. The van der Waals surface area contributed by atoms with Crippen LogP contribution in [0.4, 0.5) is 5.69 Å². The van der Waals surface area contributed by atoms with E-state index in [0.717, 1.165) is 16.7 Å². The summed E-state index contributed by atoms with van der Waals surface area (Å²) in [6.45, 7) is 0.401. The zero-order chi connectivity index (χ0) is 23.7. The quantitative estimate of drug-likeness (QED) is 0.584. The second-order valence-corrected chi connectivity index (χ2v) is 8.29. The van der Waals surface area contributed by atoms with Gasteiger partial charge in [0.2, 0.25) is 5.91 Å². The molecule has 5 rings (SSSR count). The average molecular weight is 459 g/mol. The summed E-state index contributed by atoms with van der Waals surface area (Å²) in [6, 6.07) is 20.9. The molecule has 0 aromatic heterocycles. The fraction of sp³-hybridized carbons (Fsp3) is 0.259. The number of hydrogen-bond donors (Lipinski definition) is 0. The minimum atomic E-state index is -0.302. The van der Waals surface area contributed by atoms with Gasteiger partial charge in [0.25, 0.3) is 5.91 Å². The van der Waals surface area contributed by atoms with Gasteiger partial charge in [-0.2, -0.15) is 0 Å². The van der Waals surface area contributed by atoms with Crippen molar-refractivity contribution in [1.29, 1.82) is 0 Å². The van der Waals surface area contributed by atoms with E-state index < -0.39 is 0 Å². The molecular weight excluding hydrogens is 432 g/mol. The lowest BCUT2D eigenvalue weighted by Gasteiger charge is -2.39. The van der Waals surface area contributed by atoms with Crippen LogP contribution in [0, 0.1) is 0 Å². The molecule has 3 aromatic rings. The van der Waals surface area contributed by atoms with Crippen LogP contribution in [0.5, 0.6) is 17.2 Å². The molecule has 0 saturated heterocycles. The van der Waals surface area contributed by atoms with E-state index in [-0.39, 0.29) is 31.0 Å². The molecule has 34 heavy (non-hydrogen) atoms. The first-order chi connectivity index (χ1) is 16.6. The lowest BCUT2D eigenvalue weighted by molar-refractivity contribution is -0.133. The van der Waals surface area contributed by atoms with Crippen molar-refractivity contribution in [2.24, 2.45) is 0 Å². The molecule has 0 radical (unpaired) electrons. The summed E-state index contributed by atoms with van der Waals surface area (Å²) in [5, 5.41) is 0. The third kappa shape index (κ3) is 3.83. The van der Waals surface area contributed by atoms with Gasteiger partial charge in [0, 0.05) is 6.54 Å². The molecule has 0 fully saturated rings. The van der Waals surface area contributed by atoms with Crippen molar-refractivity contribution in [3.63, 3.8) is 0 Å². The minimum absolute atomic E-state index is 0.0504. The molecule has 7 heteroatoms. The highest BCUT2D eigenvalue weighted by Gasteiger charge is 2.36. The Kier molecular flexibility index (Phi) is 5.84. The molecule has 2 aliphatic rings. The van der Waals surface area contributed by atoms with E-state index in [1.165, 1.54) is 4.90 Å². The van der Waals surface area contributed by atoms with Crippen LogP contribution in [0.1, 0.15) is 22.7 Å². The number of methoxy groups -OCH3 is 2. The van der Waals surface area contributed by atoms with E-state index in [1.54, 1.807) is 20.3 Å². The number of rotatable bonds is 5. The van der Waals surface area contributed by atoms with E-state index in [4.69, 9.17) is 14.2 Å². The highest BCUT2D eigenvalue weighted by atomic mass is 16.5. The summed E-state index contributed by atoms with van der Waals surface area (Å²) in [4.78, 5) is 29.8. The van der Waals surface area contributed by atoms with Crippen molar-refractivity contribution in [3.05, 3.63) is 83.4 Å². The van der Waals surface area contributed by atoms with Crippen LogP contribution < -0.4 is 19.1 Å². The van der Waals surface area contributed by atoms with E-state index >= 15 is 0 Å². The molecule has 7 nitrogen and oxygen atoms in total. The Labute approximate surface area is 198 Å². The first kappa shape index (κ1) is 21.8. The highest BCUT2D eigenvalue weighted by Crippen LogP contribution is 2.41. The number of carbonyl (C=O) groups excluding carboxylic acids is 2. The van der Waals surface area contributed by atoms with Gasteiger partial charge in [-0.25, -0.2) is 0 Å². The van der Waals surface area contributed by atoms with Gasteiger partial charge in [0.1, 0.15) is 12.3 Å². The summed E-state index contributed by atoms with van der Waals surface area (Å²) in [6.07, 6.45) is 0.679.